The van der Waals surface area contributed by atoms with Gasteiger partial charge in [0.1, 0.15) is 6.23 Å². The van der Waals surface area contributed by atoms with Gasteiger partial charge in [0.2, 0.25) is 11.7 Å². The Balaban J connectivity index is 1.88. The minimum absolute atomic E-state index is 0.0119. The Bertz CT molecular complexity index is 1070. The van der Waals surface area contributed by atoms with Crippen molar-refractivity contribution in [3.05, 3.63) is 0 Å². The van der Waals surface area contributed by atoms with Gasteiger partial charge in [0.15, 0.2) is 9.84 Å². The second-order valence-electron chi connectivity index (χ2n) is 15.3. The van der Waals surface area contributed by atoms with Gasteiger partial charge in [-0.05, 0) is 76.0 Å². The summed E-state index contributed by atoms with van der Waals surface area (Å²) in [5.41, 5.74) is -1.05. The molecule has 0 aromatic rings. The van der Waals surface area contributed by atoms with E-state index in [1.165, 1.54) is 0 Å². The lowest BCUT2D eigenvalue weighted by Crippen LogP contribution is -2.60. The summed E-state index contributed by atoms with van der Waals surface area (Å²) < 4.78 is 26.4. The molecule has 9 nitrogen and oxygen atoms in total. The number of carbonyl (C=O) groups is 3. The zero-order chi connectivity index (χ0) is 31.5. The first-order valence-corrected chi connectivity index (χ1v) is 17.9. The SMILES string of the molecule is CCCNC(=O)C(=O)C(CC1CC1)NC(=O)C1CCCN1[C@@H](O)C(C(C)(C)C)C1(CS(=O)(=O)C(C)(C)C)CCCCC1. The van der Waals surface area contributed by atoms with Gasteiger partial charge in [0.05, 0.1) is 22.6 Å². The van der Waals surface area contributed by atoms with Gasteiger partial charge < -0.3 is 15.7 Å². The molecule has 0 aromatic carbocycles. The summed E-state index contributed by atoms with van der Waals surface area (Å²) in [5.74, 6) is -1.68. The van der Waals surface area contributed by atoms with Gasteiger partial charge >= 0.3 is 0 Å². The lowest BCUT2D eigenvalue weighted by molar-refractivity contribution is -0.150. The van der Waals surface area contributed by atoms with Crippen LogP contribution in [0.3, 0.4) is 0 Å². The minimum Gasteiger partial charge on any atom is -0.378 e. The fourth-order valence-electron chi connectivity index (χ4n) is 7.33. The summed E-state index contributed by atoms with van der Waals surface area (Å²) in [4.78, 5) is 41.1. The fraction of sp³-hybridized carbons (Fsp3) is 0.906. The highest BCUT2D eigenvalue weighted by Gasteiger charge is 2.54. The third-order valence-corrected chi connectivity index (χ3v) is 12.6. The summed E-state index contributed by atoms with van der Waals surface area (Å²) in [5, 5.41) is 17.7. The van der Waals surface area contributed by atoms with Gasteiger partial charge in [-0.15, -0.1) is 0 Å². The number of nitrogens with one attached hydrogen (secondary N) is 2. The summed E-state index contributed by atoms with van der Waals surface area (Å²) in [6.07, 6.45) is 7.63. The molecule has 3 rings (SSSR count). The first-order valence-electron chi connectivity index (χ1n) is 16.2. The topological polar surface area (TPSA) is 133 Å². The van der Waals surface area contributed by atoms with Crippen molar-refractivity contribution in [2.24, 2.45) is 22.7 Å². The molecule has 1 saturated heterocycles. The van der Waals surface area contributed by atoms with Gasteiger partial charge in [0.25, 0.3) is 5.91 Å². The number of likely N-dealkylation sites (tertiary alicyclic amines) is 1. The van der Waals surface area contributed by atoms with E-state index in [-0.39, 0.29) is 17.6 Å². The predicted molar refractivity (Wildman–Crippen MR) is 165 cm³/mol. The molecule has 2 amide bonds. The van der Waals surface area contributed by atoms with Gasteiger partial charge in [-0.2, -0.15) is 0 Å². The molecule has 3 fully saturated rings. The predicted octanol–water partition coefficient (Wildman–Crippen LogP) is 3.98. The number of hydrogen-bond donors (Lipinski definition) is 3. The highest BCUT2D eigenvalue weighted by atomic mass is 32.2. The van der Waals surface area contributed by atoms with Crippen LogP contribution >= 0.6 is 0 Å². The zero-order valence-electron chi connectivity index (χ0n) is 27.1. The van der Waals surface area contributed by atoms with Crippen molar-refractivity contribution in [2.75, 3.05) is 18.8 Å². The summed E-state index contributed by atoms with van der Waals surface area (Å²) in [7, 11) is -3.48. The van der Waals surface area contributed by atoms with E-state index in [0.29, 0.717) is 44.7 Å². The largest absolute Gasteiger partial charge is 0.378 e. The Kier molecular flexibility index (Phi) is 11.4. The van der Waals surface area contributed by atoms with Gasteiger partial charge in [-0.1, -0.05) is 59.8 Å². The van der Waals surface area contributed by atoms with Crippen molar-refractivity contribution in [1.82, 2.24) is 15.5 Å². The molecular formula is C32H57N3O6S. The highest BCUT2D eigenvalue weighted by molar-refractivity contribution is 7.92. The number of aliphatic hydroxyl groups is 1. The molecule has 3 aliphatic rings. The number of hydrogen-bond acceptors (Lipinski definition) is 7. The first-order chi connectivity index (χ1) is 19.4. The van der Waals surface area contributed by atoms with Crippen molar-refractivity contribution in [3.8, 4) is 0 Å². The van der Waals surface area contributed by atoms with Crippen molar-refractivity contribution in [3.63, 3.8) is 0 Å². The minimum atomic E-state index is -3.48. The Morgan fingerprint density at radius 2 is 1.60 bits per heavy atom. The molecule has 0 aromatic heterocycles. The van der Waals surface area contributed by atoms with E-state index in [1.807, 2.05) is 11.8 Å². The molecule has 0 radical (unpaired) electrons. The van der Waals surface area contributed by atoms with Crippen LogP contribution in [-0.4, -0.2) is 77.9 Å². The van der Waals surface area contributed by atoms with Crippen molar-refractivity contribution >= 4 is 27.4 Å². The lowest BCUT2D eigenvalue weighted by Gasteiger charge is -2.53. The second-order valence-corrected chi connectivity index (χ2v) is 18.1. The maximum absolute atomic E-state index is 13.8. The van der Waals surface area contributed by atoms with E-state index in [1.54, 1.807) is 20.8 Å². The van der Waals surface area contributed by atoms with E-state index in [4.69, 9.17) is 0 Å². The van der Waals surface area contributed by atoms with Gasteiger partial charge in [-0.3, -0.25) is 19.3 Å². The maximum Gasteiger partial charge on any atom is 0.289 e. The number of rotatable bonds is 13. The number of sulfone groups is 1. The van der Waals surface area contributed by atoms with E-state index in [0.717, 1.165) is 44.9 Å². The van der Waals surface area contributed by atoms with Crippen molar-refractivity contribution < 1.29 is 27.9 Å². The number of aliphatic hydroxyl groups excluding tert-OH is 1. The maximum atomic E-state index is 13.8. The average Bonchev–Trinajstić information content (AvgIpc) is 3.55. The van der Waals surface area contributed by atoms with Gasteiger partial charge in [0, 0.05) is 19.0 Å². The number of amides is 2. The molecule has 1 heterocycles. The summed E-state index contributed by atoms with van der Waals surface area (Å²) >= 11 is 0. The molecule has 2 aliphatic carbocycles. The molecule has 4 atom stereocenters. The van der Waals surface area contributed by atoms with Crippen molar-refractivity contribution in [2.45, 2.75) is 142 Å². The number of ketones is 1. The Morgan fingerprint density at radius 3 is 2.12 bits per heavy atom. The lowest BCUT2D eigenvalue weighted by atomic mass is 9.58. The monoisotopic (exact) mass is 611 g/mol. The van der Waals surface area contributed by atoms with Gasteiger partial charge in [-0.25, -0.2) is 8.42 Å². The van der Waals surface area contributed by atoms with E-state index in [2.05, 4.69) is 31.4 Å². The van der Waals surface area contributed by atoms with Crippen LogP contribution in [0.4, 0.5) is 0 Å². The summed E-state index contributed by atoms with van der Waals surface area (Å²) in [6.45, 7) is 14.2. The molecule has 0 bridgehead atoms. The molecule has 3 unspecified atom stereocenters. The third kappa shape index (κ3) is 8.35. The normalized spacial score (nSPS) is 24.0. The molecule has 42 heavy (non-hydrogen) atoms. The average molecular weight is 612 g/mol. The van der Waals surface area contributed by atoms with E-state index in [9.17, 15) is 27.9 Å². The molecule has 10 heteroatoms. The standard InChI is InChI=1S/C32H57N3O6S/c1-8-18-33-28(38)25(36)23(20-22-14-15-22)34-27(37)24-13-12-19-35(24)29(39)26(30(2,3)4)32(16-10-9-11-17-32)21-42(40,41)31(5,6)7/h22-24,26,29,39H,8-21H2,1-7H3,(H,33,38)(H,34,37)/t23?,24?,26?,29-/m0/s1. The smallest absolute Gasteiger partial charge is 0.289 e. The van der Waals surface area contributed by atoms with Crippen LogP contribution in [0.25, 0.3) is 0 Å². The third-order valence-electron chi connectivity index (χ3n) is 9.75. The highest BCUT2D eigenvalue weighted by Crippen LogP contribution is 2.53. The van der Waals surface area contributed by atoms with Crippen LogP contribution in [0, 0.1) is 22.7 Å². The van der Waals surface area contributed by atoms with E-state index >= 15 is 0 Å². The van der Waals surface area contributed by atoms with Crippen LogP contribution < -0.4 is 10.6 Å². The van der Waals surface area contributed by atoms with E-state index < -0.39 is 55.4 Å². The fourth-order valence-corrected chi connectivity index (χ4v) is 8.98. The number of carbonyl (C=O) groups excluding carboxylic acids is 3. The van der Waals surface area contributed by atoms with Crippen molar-refractivity contribution in [1.29, 1.82) is 0 Å². The number of Topliss-reactive ketones (excluding diaryl/α,β-unsaturated/α-hetero) is 1. The van der Waals surface area contributed by atoms with Crippen LogP contribution in [0.1, 0.15) is 119 Å². The zero-order valence-corrected chi connectivity index (χ0v) is 27.9. The molecule has 3 N–H and O–H groups in total. The molecule has 1 aliphatic heterocycles. The molecule has 242 valence electrons. The summed E-state index contributed by atoms with van der Waals surface area (Å²) in [6, 6.07) is -1.54. The first kappa shape index (κ1) is 35.0. The quantitative estimate of drug-likeness (QED) is 0.269. The molecular weight excluding hydrogens is 554 g/mol. The Labute approximate surface area is 254 Å². The van der Waals surface area contributed by atoms with Crippen LogP contribution in [-0.2, 0) is 24.2 Å². The molecule has 2 saturated carbocycles. The second kappa shape index (κ2) is 13.6. The Morgan fingerprint density at radius 1 is 0.976 bits per heavy atom. The van der Waals surface area contributed by atoms with Crippen LogP contribution in [0.5, 0.6) is 0 Å². The number of nitrogens with zero attached hydrogens (tertiary/aromatic N) is 1. The Hall–Kier alpha value is -1.52. The van der Waals surface area contributed by atoms with Crippen LogP contribution in [0.2, 0.25) is 0 Å². The molecule has 0 spiro atoms. The van der Waals surface area contributed by atoms with Crippen LogP contribution in [0.15, 0.2) is 0 Å².